The molecule has 0 aliphatic carbocycles. The molecule has 2 heterocycles. The van der Waals surface area contributed by atoms with Crippen LogP contribution < -0.4 is 10.6 Å². The summed E-state index contributed by atoms with van der Waals surface area (Å²) in [5, 5.41) is 24.5. The monoisotopic (exact) mass is 481 g/mol. The molecule has 0 radical (unpaired) electrons. The topological polar surface area (TPSA) is 118 Å². The van der Waals surface area contributed by atoms with Gasteiger partial charge in [-0.05, 0) is 61.7 Å². The number of ether oxygens (including phenoxy) is 1. The summed E-state index contributed by atoms with van der Waals surface area (Å²) in [5.41, 5.74) is 3.00. The summed E-state index contributed by atoms with van der Waals surface area (Å²) in [6, 6.07) is 12.2. The number of nitrogens with one attached hydrogen (secondary N) is 2. The highest BCUT2D eigenvalue weighted by Crippen LogP contribution is 2.28. The Labute approximate surface area is 201 Å². The van der Waals surface area contributed by atoms with Crippen LogP contribution in [0.15, 0.2) is 47.6 Å². The van der Waals surface area contributed by atoms with Crippen LogP contribution in [0.2, 0.25) is 0 Å². The van der Waals surface area contributed by atoms with Crippen LogP contribution in [0, 0.1) is 6.92 Å². The summed E-state index contributed by atoms with van der Waals surface area (Å²) in [6.45, 7) is 4.66. The molecule has 1 aliphatic rings. The highest BCUT2D eigenvalue weighted by molar-refractivity contribution is 7.99. The number of carbonyl (C=O) groups excluding carboxylic acids is 2. The first-order valence-corrected chi connectivity index (χ1v) is 12.0. The predicted octanol–water partition coefficient (Wildman–Crippen LogP) is 3.83. The van der Waals surface area contributed by atoms with Crippen molar-refractivity contribution in [3.05, 3.63) is 48.0 Å². The van der Waals surface area contributed by atoms with Gasteiger partial charge in [0.25, 0.3) is 0 Å². The molecule has 178 valence electrons. The number of phenols is 1. The number of benzene rings is 2. The average molecular weight is 482 g/mol. The Balaban J connectivity index is 1.47. The SMILES string of the molecule is CC(=O)Nc1cc(NC(=O)CSc2nnc(-c3ccc(O)cc3)n2CC2CCCO2)ccc1C. The largest absolute Gasteiger partial charge is 0.508 e. The molecule has 1 aromatic heterocycles. The third-order valence-corrected chi connectivity index (χ3v) is 6.38. The first-order chi connectivity index (χ1) is 16.4. The zero-order chi connectivity index (χ0) is 24.1. The highest BCUT2D eigenvalue weighted by atomic mass is 32.2. The molecule has 4 rings (SSSR count). The number of phenolic OH excluding ortho intramolecular Hbond substituents is 1. The van der Waals surface area contributed by atoms with Gasteiger partial charge >= 0.3 is 0 Å². The van der Waals surface area contributed by atoms with Crippen LogP contribution in [0.4, 0.5) is 11.4 Å². The number of nitrogens with zero attached hydrogens (tertiary/aromatic N) is 3. The molecule has 10 heteroatoms. The van der Waals surface area contributed by atoms with Crippen molar-refractivity contribution in [2.75, 3.05) is 23.0 Å². The fourth-order valence-electron chi connectivity index (χ4n) is 3.73. The lowest BCUT2D eigenvalue weighted by atomic mass is 10.2. The molecule has 3 aromatic rings. The van der Waals surface area contributed by atoms with Gasteiger partial charge in [0.2, 0.25) is 11.8 Å². The number of rotatable bonds is 8. The van der Waals surface area contributed by atoms with E-state index in [-0.39, 0.29) is 29.4 Å². The summed E-state index contributed by atoms with van der Waals surface area (Å²) < 4.78 is 7.78. The predicted molar refractivity (Wildman–Crippen MR) is 131 cm³/mol. The van der Waals surface area contributed by atoms with Crippen molar-refractivity contribution in [1.82, 2.24) is 14.8 Å². The quantitative estimate of drug-likeness (QED) is 0.419. The van der Waals surface area contributed by atoms with Crippen molar-refractivity contribution in [2.45, 2.75) is 44.5 Å². The van der Waals surface area contributed by atoms with Gasteiger partial charge in [0.15, 0.2) is 11.0 Å². The summed E-state index contributed by atoms with van der Waals surface area (Å²) in [5.74, 6) is 0.621. The molecule has 1 unspecified atom stereocenters. The molecule has 1 atom stereocenters. The Kier molecular flexibility index (Phi) is 7.49. The lowest BCUT2D eigenvalue weighted by molar-refractivity contribution is -0.114. The number of thioether (sulfide) groups is 1. The van der Waals surface area contributed by atoms with E-state index in [2.05, 4.69) is 20.8 Å². The number of aromatic nitrogens is 3. The number of hydrogen-bond acceptors (Lipinski definition) is 7. The average Bonchev–Trinajstić information content (AvgIpc) is 3.45. The van der Waals surface area contributed by atoms with E-state index in [0.29, 0.717) is 28.9 Å². The van der Waals surface area contributed by atoms with E-state index in [0.717, 1.165) is 30.6 Å². The molecule has 1 aliphatic heterocycles. The molecule has 3 N–H and O–H groups in total. The third-order valence-electron chi connectivity index (χ3n) is 5.42. The van der Waals surface area contributed by atoms with Crippen molar-refractivity contribution in [1.29, 1.82) is 0 Å². The fraction of sp³-hybridized carbons (Fsp3) is 0.333. The van der Waals surface area contributed by atoms with Crippen LogP contribution in [0.25, 0.3) is 11.4 Å². The maximum Gasteiger partial charge on any atom is 0.234 e. The third kappa shape index (κ3) is 5.95. The maximum absolute atomic E-state index is 12.6. The van der Waals surface area contributed by atoms with Gasteiger partial charge in [-0.1, -0.05) is 17.8 Å². The Morgan fingerprint density at radius 1 is 1.18 bits per heavy atom. The molecule has 1 saturated heterocycles. The normalized spacial score (nSPS) is 15.3. The fourth-order valence-corrected chi connectivity index (χ4v) is 4.48. The Morgan fingerprint density at radius 3 is 2.68 bits per heavy atom. The molecule has 9 nitrogen and oxygen atoms in total. The van der Waals surface area contributed by atoms with E-state index in [9.17, 15) is 14.7 Å². The lowest BCUT2D eigenvalue weighted by Crippen LogP contribution is -2.18. The minimum atomic E-state index is -0.194. The van der Waals surface area contributed by atoms with Gasteiger partial charge in [0, 0.05) is 30.5 Å². The first kappa shape index (κ1) is 23.8. The molecular formula is C24H27N5O4S. The second kappa shape index (κ2) is 10.7. The van der Waals surface area contributed by atoms with Crippen LogP contribution in [0.1, 0.15) is 25.3 Å². The maximum atomic E-state index is 12.6. The van der Waals surface area contributed by atoms with E-state index < -0.39 is 0 Å². The number of amides is 2. The number of hydrogen-bond donors (Lipinski definition) is 3. The molecule has 1 fully saturated rings. The van der Waals surface area contributed by atoms with E-state index >= 15 is 0 Å². The van der Waals surface area contributed by atoms with Crippen LogP contribution >= 0.6 is 11.8 Å². The molecule has 2 aromatic carbocycles. The number of aromatic hydroxyl groups is 1. The Bertz CT molecular complexity index is 1170. The second-order valence-electron chi connectivity index (χ2n) is 8.15. The molecule has 0 saturated carbocycles. The van der Waals surface area contributed by atoms with Crippen molar-refractivity contribution in [3.8, 4) is 17.1 Å². The van der Waals surface area contributed by atoms with Gasteiger partial charge < -0.3 is 20.5 Å². The van der Waals surface area contributed by atoms with Gasteiger partial charge in [0.1, 0.15) is 5.75 Å². The van der Waals surface area contributed by atoms with E-state index in [1.807, 2.05) is 17.6 Å². The smallest absolute Gasteiger partial charge is 0.234 e. The molecule has 2 amide bonds. The molecule has 0 spiro atoms. The minimum absolute atomic E-state index is 0.0693. The van der Waals surface area contributed by atoms with Crippen molar-refractivity contribution in [3.63, 3.8) is 0 Å². The number of anilines is 2. The molecular weight excluding hydrogens is 454 g/mol. The van der Waals surface area contributed by atoms with E-state index in [4.69, 9.17) is 4.74 Å². The van der Waals surface area contributed by atoms with Crippen molar-refractivity contribution >= 4 is 35.0 Å². The van der Waals surface area contributed by atoms with Gasteiger partial charge in [0.05, 0.1) is 18.4 Å². The first-order valence-electron chi connectivity index (χ1n) is 11.0. The zero-order valence-electron chi connectivity index (χ0n) is 19.1. The summed E-state index contributed by atoms with van der Waals surface area (Å²) in [6.07, 6.45) is 2.05. The van der Waals surface area contributed by atoms with E-state index in [1.54, 1.807) is 36.4 Å². The van der Waals surface area contributed by atoms with Gasteiger partial charge in [-0.15, -0.1) is 10.2 Å². The summed E-state index contributed by atoms with van der Waals surface area (Å²) in [4.78, 5) is 24.0. The number of aryl methyl sites for hydroxylation is 1. The van der Waals surface area contributed by atoms with Crippen LogP contribution in [0.3, 0.4) is 0 Å². The highest BCUT2D eigenvalue weighted by Gasteiger charge is 2.22. The summed E-state index contributed by atoms with van der Waals surface area (Å²) >= 11 is 1.30. The van der Waals surface area contributed by atoms with Crippen LogP contribution in [-0.2, 0) is 20.9 Å². The summed E-state index contributed by atoms with van der Waals surface area (Å²) in [7, 11) is 0. The second-order valence-corrected chi connectivity index (χ2v) is 9.09. The minimum Gasteiger partial charge on any atom is -0.508 e. The van der Waals surface area contributed by atoms with Crippen molar-refractivity contribution in [2.24, 2.45) is 0 Å². The molecule has 0 bridgehead atoms. The number of carbonyl (C=O) groups is 2. The molecule has 34 heavy (non-hydrogen) atoms. The lowest BCUT2D eigenvalue weighted by Gasteiger charge is -2.15. The Hall–Kier alpha value is -3.37. The van der Waals surface area contributed by atoms with Gasteiger partial charge in [-0.3, -0.25) is 14.2 Å². The van der Waals surface area contributed by atoms with E-state index in [1.165, 1.54) is 18.7 Å². The van der Waals surface area contributed by atoms with Crippen molar-refractivity contribution < 1.29 is 19.4 Å². The van der Waals surface area contributed by atoms with Gasteiger partial charge in [-0.2, -0.15) is 0 Å². The zero-order valence-corrected chi connectivity index (χ0v) is 19.9. The standard InChI is InChI=1S/C24H27N5O4S/c1-15-5-8-18(12-21(15)25-16(2)30)26-22(32)14-34-24-28-27-23(17-6-9-19(31)10-7-17)29(24)13-20-4-3-11-33-20/h5-10,12,20,31H,3-4,11,13-14H2,1-2H3,(H,25,30)(H,26,32). The Morgan fingerprint density at radius 2 is 1.97 bits per heavy atom. The van der Waals surface area contributed by atoms with Crippen LogP contribution in [-0.4, -0.2) is 50.1 Å². The van der Waals surface area contributed by atoms with Crippen LogP contribution in [0.5, 0.6) is 5.75 Å². The van der Waals surface area contributed by atoms with Gasteiger partial charge in [-0.25, -0.2) is 0 Å².